The fraction of sp³-hybridized carbons (Fsp3) is 0.304. The monoisotopic (exact) mass is 482 g/mol. The number of rotatable bonds is 5. The molecule has 0 amide bonds. The number of anilines is 1. The fourth-order valence-corrected chi connectivity index (χ4v) is 4.96. The van der Waals surface area contributed by atoms with Gasteiger partial charge in [-0.25, -0.2) is 19.3 Å². The highest BCUT2D eigenvalue weighted by molar-refractivity contribution is 9.10. The van der Waals surface area contributed by atoms with Crippen LogP contribution >= 0.6 is 15.9 Å². The summed E-state index contributed by atoms with van der Waals surface area (Å²) in [5.41, 5.74) is 1.12. The Labute approximate surface area is 187 Å². The van der Waals surface area contributed by atoms with E-state index in [1.54, 1.807) is 30.7 Å². The molecule has 158 valence electrons. The number of nitrogens with zero attached hydrogens (tertiary/aromatic N) is 4. The predicted molar refractivity (Wildman–Crippen MR) is 118 cm³/mol. The first-order valence-electron chi connectivity index (χ1n) is 10.2. The van der Waals surface area contributed by atoms with Gasteiger partial charge in [0.2, 0.25) is 5.88 Å². The number of hydrogen-bond acceptors (Lipinski definition) is 6. The lowest BCUT2D eigenvalue weighted by Gasteiger charge is -2.50. The molecule has 1 aromatic carbocycles. The largest absolute Gasteiger partial charge is 0.472 e. The van der Waals surface area contributed by atoms with E-state index in [0.717, 1.165) is 30.3 Å². The summed E-state index contributed by atoms with van der Waals surface area (Å²) in [6.45, 7) is 0.805. The summed E-state index contributed by atoms with van der Waals surface area (Å²) in [6, 6.07) is 8.55. The topological polar surface area (TPSA) is 68.2 Å². The lowest BCUT2D eigenvalue weighted by molar-refractivity contribution is 0.0662. The van der Waals surface area contributed by atoms with Gasteiger partial charge in [0.1, 0.15) is 11.9 Å². The molecule has 31 heavy (non-hydrogen) atoms. The Hall–Kier alpha value is -2.87. The Morgan fingerprint density at radius 2 is 1.97 bits per heavy atom. The van der Waals surface area contributed by atoms with Gasteiger partial charge < -0.3 is 9.64 Å². The Morgan fingerprint density at radius 3 is 2.68 bits per heavy atom. The van der Waals surface area contributed by atoms with E-state index in [1.165, 1.54) is 6.07 Å². The van der Waals surface area contributed by atoms with E-state index >= 15 is 0 Å². The van der Waals surface area contributed by atoms with Crippen LogP contribution < -0.4 is 9.64 Å². The number of fused-ring (bicyclic) bond motifs is 3. The summed E-state index contributed by atoms with van der Waals surface area (Å²) in [5.74, 6) is 0.712. The molecule has 6 nitrogen and oxygen atoms in total. The van der Waals surface area contributed by atoms with E-state index in [-0.39, 0.29) is 29.1 Å². The molecular weight excluding hydrogens is 463 g/mol. The maximum Gasteiger partial charge on any atom is 0.213 e. The van der Waals surface area contributed by atoms with Gasteiger partial charge in [-0.3, -0.25) is 4.79 Å². The van der Waals surface area contributed by atoms with Crippen LogP contribution in [0.1, 0.15) is 29.6 Å². The number of aromatic nitrogens is 3. The van der Waals surface area contributed by atoms with E-state index in [4.69, 9.17) is 4.74 Å². The van der Waals surface area contributed by atoms with Gasteiger partial charge in [-0.15, -0.1) is 0 Å². The van der Waals surface area contributed by atoms with Crippen LogP contribution in [0.15, 0.2) is 53.4 Å². The predicted octanol–water partition coefficient (Wildman–Crippen LogP) is 4.69. The number of ether oxygens (including phenoxy) is 1. The van der Waals surface area contributed by atoms with Gasteiger partial charge in [0, 0.05) is 41.4 Å². The van der Waals surface area contributed by atoms with Crippen molar-refractivity contribution in [2.45, 2.75) is 31.4 Å². The molecule has 2 aromatic heterocycles. The van der Waals surface area contributed by atoms with Crippen LogP contribution in [0, 0.1) is 11.7 Å². The Kier molecular flexibility index (Phi) is 5.40. The van der Waals surface area contributed by atoms with E-state index < -0.39 is 5.82 Å². The molecule has 1 saturated carbocycles. The van der Waals surface area contributed by atoms with Crippen molar-refractivity contribution in [3.05, 3.63) is 64.8 Å². The molecule has 8 heteroatoms. The fourth-order valence-electron chi connectivity index (χ4n) is 4.73. The van der Waals surface area contributed by atoms with Crippen LogP contribution in [0.3, 0.4) is 0 Å². The van der Waals surface area contributed by atoms with Crippen molar-refractivity contribution in [1.82, 2.24) is 15.0 Å². The third-order valence-electron chi connectivity index (χ3n) is 6.08. The first-order chi connectivity index (χ1) is 15.1. The van der Waals surface area contributed by atoms with Crippen LogP contribution in [0.2, 0.25) is 0 Å². The quantitative estimate of drug-likeness (QED) is 0.491. The highest BCUT2D eigenvalue weighted by atomic mass is 79.9. The molecule has 0 spiro atoms. The number of halogens is 2. The van der Waals surface area contributed by atoms with E-state index in [1.807, 2.05) is 12.1 Å². The molecule has 4 heterocycles. The maximum absolute atomic E-state index is 14.8. The second-order valence-corrected chi connectivity index (χ2v) is 8.83. The summed E-state index contributed by atoms with van der Waals surface area (Å²) >= 11 is 3.39. The Morgan fingerprint density at radius 1 is 1.13 bits per heavy atom. The molecule has 3 atom stereocenters. The highest BCUT2D eigenvalue weighted by Crippen LogP contribution is 2.42. The standard InChI is InChI=1S/C23H20BrFN4O2/c24-15-3-7-21(28-11-15)31-20-10-14-2-5-19(20)29(12-14)18-6-4-17(25)22(16(18)13-30)23-26-8-1-9-27-23/h1,3-4,6-9,11,13-14,19-20H,2,5,10,12H2/t14-,19+,20-/m1/s1. The van der Waals surface area contributed by atoms with Crippen molar-refractivity contribution in [2.75, 3.05) is 11.4 Å². The molecule has 0 radical (unpaired) electrons. The molecular formula is C23H20BrFN4O2. The average Bonchev–Trinajstić information content (AvgIpc) is 2.81. The SMILES string of the molecule is O=Cc1c(N2C[C@@H]3CC[C@H]2[C@H](Oc2ccc(Br)cn2)C3)ccc(F)c1-c1ncccn1. The zero-order valence-corrected chi connectivity index (χ0v) is 18.2. The zero-order chi connectivity index (χ0) is 21.4. The van der Waals surface area contributed by atoms with Gasteiger partial charge >= 0.3 is 0 Å². The van der Waals surface area contributed by atoms with Crippen LogP contribution in [0.5, 0.6) is 5.88 Å². The minimum atomic E-state index is -0.508. The second-order valence-electron chi connectivity index (χ2n) is 7.92. The van der Waals surface area contributed by atoms with Gasteiger partial charge in [0.15, 0.2) is 12.1 Å². The number of aldehydes is 1. The molecule has 2 saturated heterocycles. The lowest BCUT2D eigenvalue weighted by Crippen LogP contribution is -2.58. The van der Waals surface area contributed by atoms with Crippen LogP contribution in [0.4, 0.5) is 10.1 Å². The van der Waals surface area contributed by atoms with Gasteiger partial charge in [0.25, 0.3) is 0 Å². The molecule has 3 fully saturated rings. The summed E-state index contributed by atoms with van der Waals surface area (Å²) in [6.07, 6.45) is 8.44. The molecule has 1 aliphatic carbocycles. The normalized spacial score (nSPS) is 22.4. The van der Waals surface area contributed by atoms with Gasteiger partial charge in [-0.1, -0.05) is 0 Å². The lowest BCUT2D eigenvalue weighted by atomic mass is 9.77. The molecule has 2 aliphatic heterocycles. The third-order valence-corrected chi connectivity index (χ3v) is 6.55. The van der Waals surface area contributed by atoms with Crippen molar-refractivity contribution in [3.8, 4) is 17.3 Å². The first-order valence-corrected chi connectivity index (χ1v) is 11.0. The Bertz CT molecular complexity index is 1100. The van der Waals surface area contributed by atoms with Crippen LogP contribution in [-0.2, 0) is 0 Å². The minimum absolute atomic E-state index is 0.0536. The molecule has 3 aliphatic rings. The average molecular weight is 483 g/mol. The molecule has 0 unspecified atom stereocenters. The van der Waals surface area contributed by atoms with Gasteiger partial charge in [0.05, 0.1) is 17.2 Å². The molecule has 6 rings (SSSR count). The molecule has 0 N–H and O–H groups in total. The summed E-state index contributed by atoms with van der Waals surface area (Å²) in [5, 5.41) is 0. The number of piperidine rings is 2. The maximum atomic E-state index is 14.8. The van der Waals surface area contributed by atoms with Crippen molar-refractivity contribution in [1.29, 1.82) is 0 Å². The van der Waals surface area contributed by atoms with E-state index in [9.17, 15) is 9.18 Å². The number of hydrogen-bond donors (Lipinski definition) is 0. The van der Waals surface area contributed by atoms with Crippen molar-refractivity contribution in [3.63, 3.8) is 0 Å². The molecule has 2 bridgehead atoms. The number of benzene rings is 1. The number of carbonyl (C=O) groups is 1. The first kappa shape index (κ1) is 20.1. The van der Waals surface area contributed by atoms with E-state index in [0.29, 0.717) is 23.8 Å². The minimum Gasteiger partial charge on any atom is -0.472 e. The summed E-state index contributed by atoms with van der Waals surface area (Å²) in [4.78, 5) is 27.0. The summed E-state index contributed by atoms with van der Waals surface area (Å²) < 4.78 is 21.9. The van der Waals surface area contributed by atoms with Crippen molar-refractivity contribution in [2.24, 2.45) is 5.92 Å². The van der Waals surface area contributed by atoms with Crippen molar-refractivity contribution >= 4 is 27.9 Å². The van der Waals surface area contributed by atoms with Gasteiger partial charge in [-0.05, 0) is 65.4 Å². The zero-order valence-electron chi connectivity index (χ0n) is 16.6. The summed E-state index contributed by atoms with van der Waals surface area (Å²) in [7, 11) is 0. The third kappa shape index (κ3) is 3.80. The number of pyridine rings is 1. The second kappa shape index (κ2) is 8.34. The number of carbonyl (C=O) groups excluding carboxylic acids is 1. The van der Waals surface area contributed by atoms with Gasteiger partial charge in [-0.2, -0.15) is 0 Å². The highest BCUT2D eigenvalue weighted by Gasteiger charge is 2.43. The van der Waals surface area contributed by atoms with Crippen LogP contribution in [0.25, 0.3) is 11.4 Å². The smallest absolute Gasteiger partial charge is 0.213 e. The van der Waals surface area contributed by atoms with Crippen molar-refractivity contribution < 1.29 is 13.9 Å². The molecule has 3 aromatic rings. The van der Waals surface area contributed by atoms with Crippen LogP contribution in [-0.4, -0.2) is 39.9 Å². The Balaban J connectivity index is 1.51. The van der Waals surface area contributed by atoms with E-state index in [2.05, 4.69) is 35.8 Å².